The van der Waals surface area contributed by atoms with Gasteiger partial charge in [0.15, 0.2) is 0 Å². The lowest BCUT2D eigenvalue weighted by molar-refractivity contribution is -0.137. The first-order chi connectivity index (χ1) is 14.1. The topological polar surface area (TPSA) is 78.9 Å². The van der Waals surface area contributed by atoms with E-state index in [-0.39, 0.29) is 18.8 Å². The predicted molar refractivity (Wildman–Crippen MR) is 112 cm³/mol. The number of hydrogen-bond donors (Lipinski definition) is 2. The number of ether oxygens (including phenoxy) is 1. The molecule has 6 heteroatoms. The molecule has 152 valence electrons. The lowest BCUT2D eigenvalue weighted by atomic mass is 10.0. The summed E-state index contributed by atoms with van der Waals surface area (Å²) in [6.45, 7) is 2.42. The van der Waals surface area contributed by atoms with E-state index in [4.69, 9.17) is 9.84 Å². The number of carbonyl (C=O) groups excluding carboxylic acids is 2. The first-order valence-electron chi connectivity index (χ1n) is 9.91. The average molecular weight is 394 g/mol. The second-order valence-corrected chi connectivity index (χ2v) is 6.83. The highest BCUT2D eigenvalue weighted by atomic mass is 16.5. The zero-order chi connectivity index (χ0) is 20.6. The fourth-order valence-electron chi connectivity index (χ4n) is 3.15. The molecular weight excluding hydrogens is 368 g/mol. The van der Waals surface area contributed by atoms with Gasteiger partial charge in [0, 0.05) is 6.08 Å². The second-order valence-electron chi connectivity index (χ2n) is 6.83. The normalized spacial score (nSPS) is 13.6. The Labute approximate surface area is 170 Å². The molecule has 2 aromatic carbocycles. The Kier molecular flexibility index (Phi) is 7.03. The molecular formula is C23H26N2O4. The molecule has 0 aliphatic carbocycles. The SMILES string of the molecule is CCCCCOc1ccc(-c2ccccc2)cc1NC1=CC(=O)N(CCO)C1=O. The first kappa shape index (κ1) is 20.6. The number of aliphatic hydroxyl groups is 1. The third kappa shape index (κ3) is 5.03. The maximum absolute atomic E-state index is 12.5. The minimum Gasteiger partial charge on any atom is -0.491 e. The molecule has 0 fully saturated rings. The van der Waals surface area contributed by atoms with Gasteiger partial charge in [-0.2, -0.15) is 0 Å². The van der Waals surface area contributed by atoms with Gasteiger partial charge in [0.05, 0.1) is 25.4 Å². The molecule has 29 heavy (non-hydrogen) atoms. The van der Waals surface area contributed by atoms with E-state index in [0.29, 0.717) is 18.0 Å². The summed E-state index contributed by atoms with van der Waals surface area (Å²) >= 11 is 0. The van der Waals surface area contributed by atoms with Crippen LogP contribution in [0.25, 0.3) is 11.1 Å². The number of nitrogens with zero attached hydrogens (tertiary/aromatic N) is 1. The number of aliphatic hydroxyl groups excluding tert-OH is 1. The monoisotopic (exact) mass is 394 g/mol. The summed E-state index contributed by atoms with van der Waals surface area (Å²) in [7, 11) is 0. The Hall–Kier alpha value is -3.12. The Morgan fingerprint density at radius 3 is 2.55 bits per heavy atom. The maximum atomic E-state index is 12.5. The number of benzene rings is 2. The van der Waals surface area contributed by atoms with Crippen molar-refractivity contribution in [2.24, 2.45) is 0 Å². The van der Waals surface area contributed by atoms with Crippen molar-refractivity contribution in [3.8, 4) is 16.9 Å². The summed E-state index contributed by atoms with van der Waals surface area (Å²) in [6.07, 6.45) is 4.39. The molecule has 0 saturated carbocycles. The zero-order valence-electron chi connectivity index (χ0n) is 16.6. The second kappa shape index (κ2) is 9.89. The van der Waals surface area contributed by atoms with E-state index < -0.39 is 11.8 Å². The van der Waals surface area contributed by atoms with Crippen molar-refractivity contribution in [1.82, 2.24) is 4.90 Å². The van der Waals surface area contributed by atoms with Gasteiger partial charge in [-0.3, -0.25) is 14.5 Å². The highest BCUT2D eigenvalue weighted by molar-refractivity contribution is 6.17. The third-order valence-corrected chi connectivity index (χ3v) is 4.69. The van der Waals surface area contributed by atoms with E-state index in [1.807, 2.05) is 48.5 Å². The number of unbranched alkanes of at least 4 members (excludes halogenated alkanes) is 2. The van der Waals surface area contributed by atoms with Crippen LogP contribution in [0, 0.1) is 0 Å². The van der Waals surface area contributed by atoms with Crippen LogP contribution >= 0.6 is 0 Å². The molecule has 0 atom stereocenters. The molecule has 2 N–H and O–H groups in total. The number of β-amino-alcohol motifs (C(OH)–C–C–N with tert-alkyl or cyclic N) is 1. The summed E-state index contributed by atoms with van der Waals surface area (Å²) in [5.41, 5.74) is 2.81. The van der Waals surface area contributed by atoms with Crippen molar-refractivity contribution < 1.29 is 19.4 Å². The van der Waals surface area contributed by atoms with Crippen molar-refractivity contribution in [3.63, 3.8) is 0 Å². The molecule has 0 bridgehead atoms. The smallest absolute Gasteiger partial charge is 0.277 e. The molecule has 0 unspecified atom stereocenters. The van der Waals surface area contributed by atoms with Crippen LogP contribution in [-0.2, 0) is 9.59 Å². The van der Waals surface area contributed by atoms with Gasteiger partial charge in [0.25, 0.3) is 11.8 Å². The van der Waals surface area contributed by atoms with Gasteiger partial charge in [-0.25, -0.2) is 0 Å². The van der Waals surface area contributed by atoms with Gasteiger partial charge < -0.3 is 15.2 Å². The number of amides is 2. The van der Waals surface area contributed by atoms with Crippen LogP contribution in [0.4, 0.5) is 5.69 Å². The van der Waals surface area contributed by atoms with E-state index in [1.54, 1.807) is 0 Å². The van der Waals surface area contributed by atoms with Crippen molar-refractivity contribution in [2.75, 3.05) is 25.1 Å². The standard InChI is InChI=1S/C23H26N2O4/c1-2-3-7-14-29-21-11-10-18(17-8-5-4-6-9-17)15-19(21)24-20-16-22(27)25(12-13-26)23(20)28/h4-6,8-11,15-16,24,26H,2-3,7,12-14H2,1H3. The van der Waals surface area contributed by atoms with Crippen molar-refractivity contribution in [1.29, 1.82) is 0 Å². The van der Waals surface area contributed by atoms with Crippen LogP contribution in [0.1, 0.15) is 26.2 Å². The van der Waals surface area contributed by atoms with Crippen LogP contribution in [0.5, 0.6) is 5.75 Å². The summed E-state index contributed by atoms with van der Waals surface area (Å²) in [5, 5.41) is 12.1. The quantitative estimate of drug-likeness (QED) is 0.476. The minimum atomic E-state index is -0.453. The van der Waals surface area contributed by atoms with Gasteiger partial charge in [-0.05, 0) is 29.7 Å². The fraction of sp³-hybridized carbons (Fsp3) is 0.304. The summed E-state index contributed by atoms with van der Waals surface area (Å²) < 4.78 is 5.94. The van der Waals surface area contributed by atoms with Crippen LogP contribution in [0.2, 0.25) is 0 Å². The Bertz CT molecular complexity index is 893. The molecule has 6 nitrogen and oxygen atoms in total. The van der Waals surface area contributed by atoms with Crippen molar-refractivity contribution in [2.45, 2.75) is 26.2 Å². The molecule has 2 amide bonds. The van der Waals surface area contributed by atoms with Crippen LogP contribution in [0.3, 0.4) is 0 Å². The number of anilines is 1. The number of hydrogen-bond acceptors (Lipinski definition) is 5. The van der Waals surface area contributed by atoms with Crippen LogP contribution in [-0.4, -0.2) is 41.6 Å². The minimum absolute atomic E-state index is 0.0240. The van der Waals surface area contributed by atoms with E-state index in [1.165, 1.54) is 6.08 Å². The Balaban J connectivity index is 1.86. The molecule has 0 saturated heterocycles. The summed E-state index contributed by atoms with van der Waals surface area (Å²) in [5.74, 6) is -0.259. The number of rotatable bonds is 10. The lowest BCUT2D eigenvalue weighted by Gasteiger charge is -2.17. The van der Waals surface area contributed by atoms with Gasteiger partial charge in [-0.15, -0.1) is 0 Å². The lowest BCUT2D eigenvalue weighted by Crippen LogP contribution is -2.34. The summed E-state index contributed by atoms with van der Waals surface area (Å²) in [6, 6.07) is 15.7. The first-order valence-corrected chi connectivity index (χ1v) is 9.91. The zero-order valence-corrected chi connectivity index (χ0v) is 16.6. The number of carbonyl (C=O) groups is 2. The van der Waals surface area contributed by atoms with Crippen molar-refractivity contribution in [3.05, 3.63) is 60.3 Å². The van der Waals surface area contributed by atoms with Gasteiger partial charge in [0.1, 0.15) is 11.4 Å². The number of imide groups is 1. The Morgan fingerprint density at radius 1 is 1.03 bits per heavy atom. The van der Waals surface area contributed by atoms with E-state index in [9.17, 15) is 9.59 Å². The molecule has 0 spiro atoms. The van der Waals surface area contributed by atoms with Gasteiger partial charge in [0.2, 0.25) is 0 Å². The van der Waals surface area contributed by atoms with Gasteiger partial charge in [-0.1, -0.05) is 56.2 Å². The molecule has 1 aliphatic heterocycles. The highest BCUT2D eigenvalue weighted by Crippen LogP contribution is 2.32. The maximum Gasteiger partial charge on any atom is 0.277 e. The average Bonchev–Trinajstić information content (AvgIpc) is 3.00. The van der Waals surface area contributed by atoms with E-state index >= 15 is 0 Å². The fourth-order valence-corrected chi connectivity index (χ4v) is 3.15. The third-order valence-electron chi connectivity index (χ3n) is 4.69. The summed E-state index contributed by atoms with van der Waals surface area (Å²) in [4.78, 5) is 25.6. The highest BCUT2D eigenvalue weighted by Gasteiger charge is 2.31. The molecule has 1 heterocycles. The van der Waals surface area contributed by atoms with Gasteiger partial charge >= 0.3 is 0 Å². The van der Waals surface area contributed by atoms with Crippen molar-refractivity contribution >= 4 is 17.5 Å². The van der Waals surface area contributed by atoms with E-state index in [2.05, 4.69) is 12.2 Å². The molecule has 2 aromatic rings. The molecule has 1 aliphatic rings. The predicted octanol–water partition coefficient (Wildman–Crippen LogP) is 3.58. The number of nitrogens with one attached hydrogen (secondary N) is 1. The molecule has 0 aromatic heterocycles. The largest absolute Gasteiger partial charge is 0.491 e. The van der Waals surface area contributed by atoms with Crippen LogP contribution in [0.15, 0.2) is 60.3 Å². The molecule has 0 radical (unpaired) electrons. The molecule has 3 rings (SSSR count). The Morgan fingerprint density at radius 2 is 1.83 bits per heavy atom. The van der Waals surface area contributed by atoms with Crippen LogP contribution < -0.4 is 10.1 Å². The van der Waals surface area contributed by atoms with E-state index in [0.717, 1.165) is 35.3 Å².